The van der Waals surface area contributed by atoms with Gasteiger partial charge in [-0.15, -0.1) is 0 Å². The second-order valence-corrected chi connectivity index (χ2v) is 9.22. The van der Waals surface area contributed by atoms with E-state index in [0.717, 1.165) is 12.1 Å². The van der Waals surface area contributed by atoms with Gasteiger partial charge in [-0.3, -0.25) is 10.1 Å². The smallest absolute Gasteiger partial charge is 0.340 e. The molecule has 0 fully saturated rings. The van der Waals surface area contributed by atoms with Gasteiger partial charge in [0.2, 0.25) is 9.84 Å². The third kappa shape index (κ3) is 4.57. The van der Waals surface area contributed by atoms with Crippen LogP contribution >= 0.6 is 0 Å². The third-order valence-electron chi connectivity index (χ3n) is 5.18. The summed E-state index contributed by atoms with van der Waals surface area (Å²) in [6.45, 7) is 0. The molecule has 0 radical (unpaired) electrons. The molecule has 34 heavy (non-hydrogen) atoms. The van der Waals surface area contributed by atoms with Crippen LogP contribution in [-0.2, 0) is 14.6 Å². The fourth-order valence-corrected chi connectivity index (χ4v) is 5.19. The predicted molar refractivity (Wildman–Crippen MR) is 125 cm³/mol. The largest absolute Gasteiger partial charge is 0.449 e. The number of hydrogen-bond acceptors (Lipinski definition) is 6. The van der Waals surface area contributed by atoms with Gasteiger partial charge in [-0.25, -0.2) is 13.2 Å². The number of nitro benzene ring substituents is 1. The summed E-state index contributed by atoms with van der Waals surface area (Å²) in [5.41, 5.74) is 0.636. The fourth-order valence-electron chi connectivity index (χ4n) is 3.58. The number of carbonyl (C=O) groups is 1. The molecule has 0 aliphatic carbocycles. The number of carbonyl (C=O) groups excluding carboxylic acids is 1. The van der Waals surface area contributed by atoms with Crippen LogP contribution in [0.5, 0.6) is 0 Å². The number of rotatable bonds is 7. The van der Waals surface area contributed by atoms with E-state index in [9.17, 15) is 23.3 Å². The molecule has 0 aromatic heterocycles. The van der Waals surface area contributed by atoms with E-state index in [4.69, 9.17) is 4.74 Å². The third-order valence-corrected chi connectivity index (χ3v) is 7.04. The Kier molecular flexibility index (Phi) is 6.51. The summed E-state index contributed by atoms with van der Waals surface area (Å²) in [6.07, 6.45) is -0.781. The second-order valence-electron chi connectivity index (χ2n) is 7.33. The quantitative estimate of drug-likeness (QED) is 0.203. The summed E-state index contributed by atoms with van der Waals surface area (Å²) in [5.74, 6) is -0.865. The van der Waals surface area contributed by atoms with Crippen molar-refractivity contribution in [3.63, 3.8) is 0 Å². The van der Waals surface area contributed by atoms with E-state index in [0.29, 0.717) is 11.1 Å². The molecule has 0 aliphatic rings. The SMILES string of the molecule is O=C(OC(c1ccccc1)c1ccccc1)c1ccccc1S(=O)(=O)c1ccccc1[N+](=O)[O-]. The molecular formula is C26H19NO6S. The van der Waals surface area contributed by atoms with Gasteiger partial charge in [0.25, 0.3) is 5.69 Å². The van der Waals surface area contributed by atoms with Crippen molar-refractivity contribution < 1.29 is 22.9 Å². The minimum absolute atomic E-state index is 0.211. The summed E-state index contributed by atoms with van der Waals surface area (Å²) in [4.78, 5) is 23.1. The zero-order chi connectivity index (χ0) is 24.1. The maximum absolute atomic E-state index is 13.4. The van der Waals surface area contributed by atoms with E-state index in [1.54, 1.807) is 24.3 Å². The Hall–Kier alpha value is -4.30. The summed E-state index contributed by atoms with van der Waals surface area (Å²) in [6, 6.07) is 28.7. The zero-order valence-electron chi connectivity index (χ0n) is 17.8. The Bertz CT molecular complexity index is 1400. The van der Waals surface area contributed by atoms with Crippen molar-refractivity contribution in [2.24, 2.45) is 0 Å². The molecule has 0 saturated carbocycles. The van der Waals surface area contributed by atoms with Crippen LogP contribution in [0.15, 0.2) is 119 Å². The van der Waals surface area contributed by atoms with Gasteiger partial charge in [0.05, 0.1) is 15.4 Å². The van der Waals surface area contributed by atoms with Crippen molar-refractivity contribution in [1.29, 1.82) is 0 Å². The van der Waals surface area contributed by atoms with E-state index >= 15 is 0 Å². The van der Waals surface area contributed by atoms with Gasteiger partial charge < -0.3 is 4.74 Å². The number of esters is 1. The van der Waals surface area contributed by atoms with Crippen LogP contribution in [0.3, 0.4) is 0 Å². The van der Waals surface area contributed by atoms with Crippen molar-refractivity contribution in [1.82, 2.24) is 0 Å². The summed E-state index contributed by atoms with van der Waals surface area (Å²) in [7, 11) is -4.40. The number of hydrogen-bond donors (Lipinski definition) is 0. The first-order chi connectivity index (χ1) is 16.4. The molecule has 0 unspecified atom stereocenters. The van der Waals surface area contributed by atoms with Crippen molar-refractivity contribution >= 4 is 21.5 Å². The van der Waals surface area contributed by atoms with E-state index in [1.807, 2.05) is 36.4 Å². The Balaban J connectivity index is 1.77. The maximum atomic E-state index is 13.4. The molecule has 0 spiro atoms. The van der Waals surface area contributed by atoms with Crippen LogP contribution in [0, 0.1) is 10.1 Å². The Morgan fingerprint density at radius 2 is 1.18 bits per heavy atom. The number of para-hydroxylation sites is 1. The average molecular weight is 474 g/mol. The number of nitro groups is 1. The van der Waals surface area contributed by atoms with Gasteiger partial charge in [-0.1, -0.05) is 84.9 Å². The minimum Gasteiger partial charge on any atom is -0.449 e. The molecule has 7 nitrogen and oxygen atoms in total. The lowest BCUT2D eigenvalue weighted by atomic mass is 10.0. The van der Waals surface area contributed by atoms with Crippen molar-refractivity contribution in [3.8, 4) is 0 Å². The summed E-state index contributed by atoms with van der Waals surface area (Å²) >= 11 is 0. The zero-order valence-corrected chi connectivity index (χ0v) is 18.6. The first kappa shape index (κ1) is 22.9. The van der Waals surface area contributed by atoms with Crippen LogP contribution in [-0.4, -0.2) is 19.3 Å². The van der Waals surface area contributed by atoms with Crippen molar-refractivity contribution in [2.45, 2.75) is 15.9 Å². The van der Waals surface area contributed by atoms with E-state index in [1.165, 1.54) is 36.4 Å². The van der Waals surface area contributed by atoms with Crippen molar-refractivity contribution in [3.05, 3.63) is 136 Å². The normalized spacial score (nSPS) is 11.2. The standard InChI is InChI=1S/C26H19NO6S/c28-26(33-25(19-11-3-1-4-12-19)20-13-5-2-6-14-20)21-15-7-9-17-23(21)34(31,32)24-18-10-8-16-22(24)27(29)30/h1-18,25H. The van der Waals surface area contributed by atoms with Crippen LogP contribution in [0.4, 0.5) is 5.69 Å². The monoisotopic (exact) mass is 473 g/mol. The number of ether oxygens (including phenoxy) is 1. The molecule has 4 aromatic carbocycles. The topological polar surface area (TPSA) is 104 Å². The second kappa shape index (κ2) is 9.68. The number of sulfone groups is 1. The lowest BCUT2D eigenvalue weighted by molar-refractivity contribution is -0.387. The molecule has 0 saturated heterocycles. The fraction of sp³-hybridized carbons (Fsp3) is 0.0385. The Labute approximate surface area is 196 Å². The first-order valence-corrected chi connectivity index (χ1v) is 11.8. The highest BCUT2D eigenvalue weighted by Crippen LogP contribution is 2.33. The van der Waals surface area contributed by atoms with E-state index in [2.05, 4.69) is 0 Å². The van der Waals surface area contributed by atoms with Crippen LogP contribution in [0.1, 0.15) is 27.6 Å². The van der Waals surface area contributed by atoms with Gasteiger partial charge in [-0.2, -0.15) is 0 Å². The molecule has 4 rings (SSSR count). The molecule has 0 N–H and O–H groups in total. The summed E-state index contributed by atoms with van der Waals surface area (Å²) < 4.78 is 32.6. The van der Waals surface area contributed by atoms with E-state index in [-0.39, 0.29) is 10.5 Å². The molecule has 0 amide bonds. The highest BCUT2D eigenvalue weighted by Gasteiger charge is 2.32. The van der Waals surface area contributed by atoms with Gasteiger partial charge >= 0.3 is 5.97 Å². The van der Waals surface area contributed by atoms with Gasteiger partial charge in [0.15, 0.2) is 6.10 Å². The Morgan fingerprint density at radius 1 is 0.706 bits per heavy atom. The molecule has 0 bridgehead atoms. The molecule has 0 heterocycles. The summed E-state index contributed by atoms with van der Waals surface area (Å²) in [5, 5.41) is 11.4. The number of nitrogens with zero attached hydrogens (tertiary/aromatic N) is 1. The van der Waals surface area contributed by atoms with E-state index < -0.39 is 37.4 Å². The average Bonchev–Trinajstić information content (AvgIpc) is 2.88. The molecule has 0 aliphatic heterocycles. The van der Waals surface area contributed by atoms with Gasteiger partial charge in [0.1, 0.15) is 4.90 Å². The highest BCUT2D eigenvalue weighted by atomic mass is 32.2. The lowest BCUT2D eigenvalue weighted by Crippen LogP contribution is -2.17. The van der Waals surface area contributed by atoms with Crippen LogP contribution in [0.2, 0.25) is 0 Å². The van der Waals surface area contributed by atoms with Crippen LogP contribution < -0.4 is 0 Å². The molecule has 170 valence electrons. The van der Waals surface area contributed by atoms with Crippen LogP contribution in [0.25, 0.3) is 0 Å². The molecule has 8 heteroatoms. The number of benzene rings is 4. The maximum Gasteiger partial charge on any atom is 0.340 e. The van der Waals surface area contributed by atoms with Gasteiger partial charge in [-0.05, 0) is 29.3 Å². The minimum atomic E-state index is -4.40. The molecule has 4 aromatic rings. The molecular weight excluding hydrogens is 454 g/mol. The highest BCUT2D eigenvalue weighted by molar-refractivity contribution is 7.91. The lowest BCUT2D eigenvalue weighted by Gasteiger charge is -2.20. The predicted octanol–water partition coefficient (Wildman–Crippen LogP) is 5.37. The first-order valence-electron chi connectivity index (χ1n) is 10.3. The Morgan fingerprint density at radius 3 is 1.74 bits per heavy atom. The van der Waals surface area contributed by atoms with Gasteiger partial charge in [0, 0.05) is 6.07 Å². The van der Waals surface area contributed by atoms with Crippen molar-refractivity contribution in [2.75, 3.05) is 0 Å². The molecule has 0 atom stereocenters.